The Kier molecular flexibility index (Phi) is 3.94. The van der Waals surface area contributed by atoms with Crippen LogP contribution in [0.15, 0.2) is 30.7 Å². The Hall–Kier alpha value is -2.77. The fraction of sp³-hybridized carbons (Fsp3) is 0.357. The highest BCUT2D eigenvalue weighted by atomic mass is 16.6. The van der Waals surface area contributed by atoms with Gasteiger partial charge < -0.3 is 0 Å². The maximum absolute atomic E-state index is 11.2. The van der Waals surface area contributed by atoms with Gasteiger partial charge in [-0.3, -0.25) is 24.8 Å². The topological polar surface area (TPSA) is 104 Å². The van der Waals surface area contributed by atoms with E-state index in [2.05, 4.69) is 25.8 Å². The molecule has 8 nitrogen and oxygen atoms in total. The summed E-state index contributed by atoms with van der Waals surface area (Å²) >= 11 is 0. The van der Waals surface area contributed by atoms with Gasteiger partial charge in [0.2, 0.25) is 0 Å². The maximum atomic E-state index is 11.2. The zero-order valence-electron chi connectivity index (χ0n) is 12.5. The first kappa shape index (κ1) is 15.6. The average molecular weight is 304 g/mol. The Morgan fingerprint density at radius 3 is 2.41 bits per heavy atom. The zero-order chi connectivity index (χ0) is 16.5. The lowest BCUT2D eigenvalue weighted by molar-refractivity contribution is -0.394. The molecule has 1 aromatic heterocycles. The number of non-ortho nitro benzene ring substituents is 1. The molecule has 0 saturated carbocycles. The van der Waals surface area contributed by atoms with E-state index in [1.54, 1.807) is 6.20 Å². The molecule has 2 aromatic rings. The second-order valence-corrected chi connectivity index (χ2v) is 6.20. The summed E-state index contributed by atoms with van der Waals surface area (Å²) in [6.45, 7) is 6.21. The normalized spacial score (nSPS) is 11.4. The van der Waals surface area contributed by atoms with Gasteiger partial charge in [0.05, 0.1) is 27.9 Å². The fourth-order valence-electron chi connectivity index (χ4n) is 2.12. The fourth-order valence-corrected chi connectivity index (χ4v) is 2.12. The third kappa shape index (κ3) is 3.46. The summed E-state index contributed by atoms with van der Waals surface area (Å²) in [5, 5.41) is 21.9. The third-order valence-electron chi connectivity index (χ3n) is 2.99. The summed E-state index contributed by atoms with van der Waals surface area (Å²) in [5.74, 6) is 0. The number of nitro groups is 2. The lowest BCUT2D eigenvalue weighted by Crippen LogP contribution is -2.09. The first-order chi connectivity index (χ1) is 10.2. The van der Waals surface area contributed by atoms with Gasteiger partial charge in [-0.2, -0.15) is 0 Å². The quantitative estimate of drug-likeness (QED) is 0.636. The number of rotatable bonds is 4. The standard InChI is InChI=1S/C14H16N4O4/c1-14(2,3)7-10-8-16(9-15-10)12-5-4-11(17(19)20)6-13(12)18(21)22/h4-6,8-9H,7H2,1-3H3. The summed E-state index contributed by atoms with van der Waals surface area (Å²) < 4.78 is 1.52. The van der Waals surface area contributed by atoms with Crippen molar-refractivity contribution in [1.82, 2.24) is 9.55 Å². The smallest absolute Gasteiger partial charge is 0.300 e. The SMILES string of the molecule is CC(C)(C)Cc1cn(-c2ccc([N+](=O)[O-])cc2[N+](=O)[O-])cn1. The van der Waals surface area contributed by atoms with E-state index in [4.69, 9.17) is 0 Å². The number of aromatic nitrogens is 2. The molecule has 0 N–H and O–H groups in total. The van der Waals surface area contributed by atoms with E-state index in [1.165, 1.54) is 23.0 Å². The minimum absolute atomic E-state index is 0.0423. The molecule has 1 aromatic carbocycles. The highest BCUT2D eigenvalue weighted by Crippen LogP contribution is 2.28. The number of nitro benzene ring substituents is 2. The van der Waals surface area contributed by atoms with Crippen LogP contribution >= 0.6 is 0 Å². The van der Waals surface area contributed by atoms with Gasteiger partial charge in [0, 0.05) is 12.3 Å². The van der Waals surface area contributed by atoms with Crippen LogP contribution in [0.1, 0.15) is 26.5 Å². The van der Waals surface area contributed by atoms with E-state index in [0.717, 1.165) is 18.2 Å². The Labute approximate surface area is 126 Å². The van der Waals surface area contributed by atoms with Crippen LogP contribution < -0.4 is 0 Å². The molecule has 22 heavy (non-hydrogen) atoms. The molecule has 2 rings (SSSR count). The van der Waals surface area contributed by atoms with Gasteiger partial charge in [0.15, 0.2) is 0 Å². The minimum atomic E-state index is -0.657. The van der Waals surface area contributed by atoms with E-state index in [-0.39, 0.29) is 22.5 Å². The molecule has 0 aliphatic rings. The van der Waals surface area contributed by atoms with Crippen molar-refractivity contribution in [1.29, 1.82) is 0 Å². The largest absolute Gasteiger partial charge is 0.300 e. The van der Waals surface area contributed by atoms with Gasteiger partial charge in [-0.05, 0) is 17.9 Å². The molecular weight excluding hydrogens is 288 g/mol. The molecule has 0 fully saturated rings. The molecule has 0 saturated heterocycles. The van der Waals surface area contributed by atoms with Crippen LogP contribution in [0.4, 0.5) is 11.4 Å². The Bertz CT molecular complexity index is 731. The Morgan fingerprint density at radius 1 is 1.18 bits per heavy atom. The van der Waals surface area contributed by atoms with Gasteiger partial charge in [-0.15, -0.1) is 0 Å². The van der Waals surface area contributed by atoms with E-state index < -0.39 is 9.85 Å². The van der Waals surface area contributed by atoms with Crippen LogP contribution in [0.3, 0.4) is 0 Å². The van der Waals surface area contributed by atoms with Crippen molar-refractivity contribution in [3.63, 3.8) is 0 Å². The molecule has 0 atom stereocenters. The maximum Gasteiger partial charge on any atom is 0.300 e. The van der Waals surface area contributed by atoms with Crippen LogP contribution in [-0.2, 0) is 6.42 Å². The summed E-state index contributed by atoms with van der Waals surface area (Å²) in [7, 11) is 0. The van der Waals surface area contributed by atoms with E-state index in [0.29, 0.717) is 0 Å². The monoisotopic (exact) mass is 304 g/mol. The third-order valence-corrected chi connectivity index (χ3v) is 2.99. The average Bonchev–Trinajstić information content (AvgIpc) is 2.83. The number of hydrogen-bond acceptors (Lipinski definition) is 5. The first-order valence-corrected chi connectivity index (χ1v) is 6.63. The van der Waals surface area contributed by atoms with E-state index in [9.17, 15) is 20.2 Å². The molecule has 8 heteroatoms. The molecule has 1 heterocycles. The molecule has 0 aliphatic carbocycles. The summed E-state index contributed by atoms with van der Waals surface area (Å²) in [6, 6.07) is 3.56. The van der Waals surface area contributed by atoms with Crippen LogP contribution in [0.5, 0.6) is 0 Å². The molecule has 0 radical (unpaired) electrons. The van der Waals surface area contributed by atoms with Crippen LogP contribution in [0.2, 0.25) is 0 Å². The van der Waals surface area contributed by atoms with E-state index >= 15 is 0 Å². The number of benzene rings is 1. The lowest BCUT2D eigenvalue weighted by atomic mass is 9.91. The molecular formula is C14H16N4O4. The molecule has 0 aliphatic heterocycles. The van der Waals surface area contributed by atoms with Crippen LogP contribution in [0.25, 0.3) is 5.69 Å². The van der Waals surface area contributed by atoms with E-state index in [1.807, 2.05) is 0 Å². The van der Waals surface area contributed by atoms with Crippen molar-refractivity contribution in [3.05, 3.63) is 56.6 Å². The summed E-state index contributed by atoms with van der Waals surface area (Å²) in [6.07, 6.45) is 3.91. The van der Waals surface area contributed by atoms with Crippen molar-refractivity contribution in [2.24, 2.45) is 5.41 Å². The van der Waals surface area contributed by atoms with Crippen molar-refractivity contribution >= 4 is 11.4 Å². The van der Waals surface area contributed by atoms with Gasteiger partial charge in [0.25, 0.3) is 11.4 Å². The Balaban J connectivity index is 2.44. The summed E-state index contributed by atoms with van der Waals surface area (Å²) in [5.41, 5.74) is 0.462. The van der Waals surface area contributed by atoms with Crippen LogP contribution in [-0.4, -0.2) is 19.4 Å². The number of hydrogen-bond donors (Lipinski definition) is 0. The zero-order valence-corrected chi connectivity index (χ0v) is 12.5. The van der Waals surface area contributed by atoms with Gasteiger partial charge in [0.1, 0.15) is 5.69 Å². The second-order valence-electron chi connectivity index (χ2n) is 6.20. The first-order valence-electron chi connectivity index (χ1n) is 6.63. The van der Waals surface area contributed by atoms with Gasteiger partial charge in [-0.25, -0.2) is 4.98 Å². The lowest BCUT2D eigenvalue weighted by Gasteiger charge is -2.15. The van der Waals surface area contributed by atoms with Crippen LogP contribution in [0, 0.1) is 25.6 Å². The number of imidazole rings is 1. The van der Waals surface area contributed by atoms with Crippen molar-refractivity contribution in [2.75, 3.05) is 0 Å². The van der Waals surface area contributed by atoms with Crippen molar-refractivity contribution in [3.8, 4) is 5.69 Å². The molecule has 116 valence electrons. The molecule has 0 amide bonds. The van der Waals surface area contributed by atoms with Crippen molar-refractivity contribution in [2.45, 2.75) is 27.2 Å². The molecule has 0 spiro atoms. The highest BCUT2D eigenvalue weighted by molar-refractivity contribution is 5.58. The second kappa shape index (κ2) is 5.55. The number of nitrogens with zero attached hydrogens (tertiary/aromatic N) is 4. The van der Waals surface area contributed by atoms with Gasteiger partial charge >= 0.3 is 0 Å². The predicted octanol–water partition coefficient (Wildman–Crippen LogP) is 3.28. The summed E-state index contributed by atoms with van der Waals surface area (Å²) in [4.78, 5) is 24.9. The molecule has 0 unspecified atom stereocenters. The predicted molar refractivity (Wildman–Crippen MR) is 80.0 cm³/mol. The van der Waals surface area contributed by atoms with Crippen molar-refractivity contribution < 1.29 is 9.85 Å². The molecule has 0 bridgehead atoms. The van der Waals surface area contributed by atoms with Gasteiger partial charge in [-0.1, -0.05) is 20.8 Å². The Morgan fingerprint density at radius 2 is 1.86 bits per heavy atom. The minimum Gasteiger partial charge on any atom is -0.300 e. The highest BCUT2D eigenvalue weighted by Gasteiger charge is 2.21.